The summed E-state index contributed by atoms with van der Waals surface area (Å²) in [5.74, 6) is 2.82. The molecular weight excluding hydrogens is 186 g/mol. The van der Waals surface area contributed by atoms with Crippen LogP contribution in [-0.2, 0) is 10.0 Å². The number of unbranched alkanes of at least 4 members (excludes halogenated alkanes) is 3. The molecule has 0 fully saturated rings. The molecule has 0 aromatic heterocycles. The van der Waals surface area contributed by atoms with Gasteiger partial charge in [0.05, 0.1) is 6.26 Å². The Balaban J connectivity index is 3.84. The van der Waals surface area contributed by atoms with Gasteiger partial charge in [0.1, 0.15) is 0 Å². The summed E-state index contributed by atoms with van der Waals surface area (Å²) in [7, 11) is -1.68. The molecule has 0 bridgehead atoms. The van der Waals surface area contributed by atoms with Crippen molar-refractivity contribution in [2.75, 3.05) is 13.3 Å². The molecule has 4 heteroatoms. The van der Waals surface area contributed by atoms with E-state index in [1.54, 1.807) is 0 Å². The molecule has 0 N–H and O–H groups in total. The molecule has 0 saturated heterocycles. The molecule has 0 rings (SSSR count). The Morgan fingerprint density at radius 2 is 1.92 bits per heavy atom. The average molecular weight is 203 g/mol. The van der Waals surface area contributed by atoms with Crippen LogP contribution in [-0.4, -0.2) is 26.0 Å². The van der Waals surface area contributed by atoms with Gasteiger partial charge in [-0.25, -0.2) is 12.7 Å². The highest BCUT2D eigenvalue weighted by molar-refractivity contribution is 7.88. The molecule has 0 saturated carbocycles. The Hall–Kier alpha value is -0.690. The Morgan fingerprint density at radius 1 is 1.31 bits per heavy atom. The van der Waals surface area contributed by atoms with E-state index in [9.17, 15) is 8.42 Å². The second-order valence-electron chi connectivity index (χ2n) is 2.98. The third-order valence-electron chi connectivity index (χ3n) is 1.64. The molecule has 76 valence electrons. The Labute approximate surface area is 81.2 Å². The van der Waals surface area contributed by atoms with E-state index in [0.29, 0.717) is 0 Å². The lowest BCUT2D eigenvalue weighted by Crippen LogP contribution is -2.19. The molecule has 3 nitrogen and oxygen atoms in total. The van der Waals surface area contributed by atoms with Gasteiger partial charge in [0.2, 0.25) is 10.0 Å². The lowest BCUT2D eigenvalue weighted by Gasteiger charge is -2.05. The van der Waals surface area contributed by atoms with Gasteiger partial charge in [-0.05, 0) is 6.42 Å². The van der Waals surface area contributed by atoms with Crippen LogP contribution in [0.1, 0.15) is 32.6 Å². The van der Waals surface area contributed by atoms with Crippen molar-refractivity contribution < 1.29 is 8.42 Å². The van der Waals surface area contributed by atoms with Crippen molar-refractivity contribution in [3.05, 3.63) is 0 Å². The summed E-state index contributed by atoms with van der Waals surface area (Å²) in [6.45, 7) is 2.12. The highest BCUT2D eigenvalue weighted by Gasteiger charge is 2.03. The maximum atomic E-state index is 10.9. The molecular formula is C9H17NO2S. The topological polar surface area (TPSA) is 37.4 Å². The third kappa shape index (κ3) is 6.47. The minimum absolute atomic E-state index is 0.772. The van der Waals surface area contributed by atoms with Crippen LogP contribution in [0.3, 0.4) is 0 Å². The summed E-state index contributed by atoms with van der Waals surface area (Å²) >= 11 is 0. The van der Waals surface area contributed by atoms with Crippen molar-refractivity contribution in [2.45, 2.75) is 32.6 Å². The lowest BCUT2D eigenvalue weighted by atomic mass is 10.2. The third-order valence-corrected chi connectivity index (χ3v) is 2.73. The van der Waals surface area contributed by atoms with Crippen molar-refractivity contribution in [2.24, 2.45) is 0 Å². The largest absolute Gasteiger partial charge is 0.238 e. The maximum Gasteiger partial charge on any atom is 0.238 e. The second-order valence-corrected chi connectivity index (χ2v) is 4.99. The van der Waals surface area contributed by atoms with Crippen LogP contribution in [0.2, 0.25) is 0 Å². The van der Waals surface area contributed by atoms with Gasteiger partial charge in [-0.15, -0.1) is 0 Å². The van der Waals surface area contributed by atoms with E-state index < -0.39 is 10.0 Å². The first-order valence-corrected chi connectivity index (χ1v) is 6.25. The Bertz CT molecular complexity index is 284. The summed E-state index contributed by atoms with van der Waals surface area (Å²) in [4.78, 5) is 0. The predicted octanol–water partition coefficient (Wildman–Crippen LogP) is 1.42. The molecule has 13 heavy (non-hydrogen) atoms. The van der Waals surface area contributed by atoms with Crippen LogP contribution >= 0.6 is 0 Å². The van der Waals surface area contributed by atoms with Gasteiger partial charge in [-0.3, -0.25) is 0 Å². The van der Waals surface area contributed by atoms with Crippen LogP contribution in [0.25, 0.3) is 0 Å². The first kappa shape index (κ1) is 12.3. The van der Waals surface area contributed by atoms with Crippen molar-refractivity contribution in [1.82, 2.24) is 4.31 Å². The quantitative estimate of drug-likeness (QED) is 0.393. The fourth-order valence-electron chi connectivity index (χ4n) is 0.714. The van der Waals surface area contributed by atoms with Crippen molar-refractivity contribution >= 4 is 10.0 Å². The number of nitrogens with zero attached hydrogens (tertiary/aromatic N) is 1. The van der Waals surface area contributed by atoms with Crippen LogP contribution < -0.4 is 0 Å². The van der Waals surface area contributed by atoms with Crippen molar-refractivity contribution in [3.63, 3.8) is 0 Å². The van der Waals surface area contributed by atoms with Gasteiger partial charge < -0.3 is 0 Å². The van der Waals surface area contributed by atoms with Gasteiger partial charge in [0, 0.05) is 19.5 Å². The monoisotopic (exact) mass is 203 g/mol. The van der Waals surface area contributed by atoms with Crippen LogP contribution in [0, 0.1) is 12.0 Å². The average Bonchev–Trinajstić information content (AvgIpc) is 2.02. The Kier molecular flexibility index (Phi) is 5.56. The zero-order valence-electron chi connectivity index (χ0n) is 8.50. The van der Waals surface area contributed by atoms with Gasteiger partial charge in [0.15, 0.2) is 0 Å². The minimum Gasteiger partial charge on any atom is -0.232 e. The van der Waals surface area contributed by atoms with E-state index in [1.807, 2.05) is 0 Å². The molecule has 0 aromatic rings. The zero-order valence-corrected chi connectivity index (χ0v) is 9.32. The molecule has 0 spiro atoms. The molecule has 0 heterocycles. The fraction of sp³-hybridized carbons (Fsp3) is 0.778. The summed E-state index contributed by atoms with van der Waals surface area (Å²) in [5, 5.41) is 0. The van der Waals surface area contributed by atoms with E-state index in [4.69, 9.17) is 0 Å². The maximum absolute atomic E-state index is 10.9. The van der Waals surface area contributed by atoms with Crippen LogP contribution in [0.4, 0.5) is 0 Å². The first-order valence-electron chi connectivity index (χ1n) is 4.41. The molecule has 0 radical (unpaired) electrons. The van der Waals surface area contributed by atoms with Crippen LogP contribution in [0.15, 0.2) is 0 Å². The standard InChI is InChI=1S/C9H17NO2S/c1-4-5-6-7-8-9-10(2)13(3,11)12/h4-7H2,1-3H3. The molecule has 0 aliphatic rings. The van der Waals surface area contributed by atoms with Crippen LogP contribution in [0.5, 0.6) is 0 Å². The van der Waals surface area contributed by atoms with Gasteiger partial charge in [-0.2, -0.15) is 0 Å². The smallest absolute Gasteiger partial charge is 0.232 e. The fourth-order valence-corrected chi connectivity index (χ4v) is 0.944. The summed E-state index contributed by atoms with van der Waals surface area (Å²) in [6.07, 6.45) is 5.27. The highest BCUT2D eigenvalue weighted by Crippen LogP contribution is 1.97. The van der Waals surface area contributed by atoms with Gasteiger partial charge >= 0.3 is 0 Å². The van der Waals surface area contributed by atoms with E-state index in [1.165, 1.54) is 7.05 Å². The lowest BCUT2D eigenvalue weighted by molar-refractivity contribution is 0.553. The molecule has 0 aliphatic carbocycles. The Morgan fingerprint density at radius 3 is 2.38 bits per heavy atom. The normalized spacial score (nSPS) is 10.4. The SMILES string of the molecule is CCCCCC#CN(C)S(C)(=O)=O. The highest BCUT2D eigenvalue weighted by atomic mass is 32.2. The van der Waals surface area contributed by atoms with E-state index in [2.05, 4.69) is 18.9 Å². The summed E-state index contributed by atoms with van der Waals surface area (Å²) in [6, 6.07) is 2.58. The second kappa shape index (κ2) is 5.87. The summed E-state index contributed by atoms with van der Waals surface area (Å²) < 4.78 is 22.8. The molecule has 0 aliphatic heterocycles. The molecule has 0 aromatic carbocycles. The number of rotatable bonds is 4. The molecule has 0 unspecified atom stereocenters. The number of hydrogen-bond acceptors (Lipinski definition) is 2. The van der Waals surface area contributed by atoms with E-state index in [0.717, 1.165) is 36.2 Å². The number of sulfonamides is 1. The van der Waals surface area contributed by atoms with E-state index >= 15 is 0 Å². The zero-order chi connectivity index (χ0) is 10.3. The summed E-state index contributed by atoms with van der Waals surface area (Å²) in [5.41, 5.74) is 0. The minimum atomic E-state index is -3.14. The molecule has 0 atom stereocenters. The number of hydrogen-bond donors (Lipinski definition) is 0. The van der Waals surface area contributed by atoms with Gasteiger partial charge in [-0.1, -0.05) is 25.7 Å². The van der Waals surface area contributed by atoms with Gasteiger partial charge in [0.25, 0.3) is 0 Å². The van der Waals surface area contributed by atoms with Crippen molar-refractivity contribution in [3.8, 4) is 12.0 Å². The first-order chi connectivity index (χ1) is 5.98. The molecule has 0 amide bonds. The predicted molar refractivity (Wildman–Crippen MR) is 54.5 cm³/mol. The van der Waals surface area contributed by atoms with Crippen molar-refractivity contribution in [1.29, 1.82) is 0 Å². The van der Waals surface area contributed by atoms with E-state index in [-0.39, 0.29) is 0 Å².